The van der Waals surface area contributed by atoms with Crippen LogP contribution in [0.15, 0.2) is 0 Å². The fourth-order valence-corrected chi connectivity index (χ4v) is 2.34. The van der Waals surface area contributed by atoms with Crippen molar-refractivity contribution in [1.82, 2.24) is 0 Å². The quantitative estimate of drug-likeness (QED) is 0.544. The molecule has 0 spiro atoms. The highest BCUT2D eigenvalue weighted by Gasteiger charge is 2.33. The molecule has 1 saturated carbocycles. The Bertz CT molecular complexity index is 309. The Labute approximate surface area is 113 Å². The van der Waals surface area contributed by atoms with Gasteiger partial charge in [0.05, 0.1) is 13.2 Å². The molecule has 1 aliphatic carbocycles. The maximum absolute atomic E-state index is 11.8. The predicted octanol–water partition coefficient (Wildman–Crippen LogP) is 1.88. The summed E-state index contributed by atoms with van der Waals surface area (Å²) in [4.78, 5) is 34.8. The van der Waals surface area contributed by atoms with E-state index in [2.05, 4.69) is 0 Å². The van der Waals surface area contributed by atoms with Gasteiger partial charge in [0.1, 0.15) is 5.78 Å². The number of esters is 2. The van der Waals surface area contributed by atoms with Crippen LogP contribution >= 0.6 is 0 Å². The molecule has 0 atom stereocenters. The molecule has 5 heteroatoms. The van der Waals surface area contributed by atoms with E-state index in [9.17, 15) is 14.4 Å². The average molecular weight is 270 g/mol. The van der Waals surface area contributed by atoms with Gasteiger partial charge in [-0.2, -0.15) is 0 Å². The summed E-state index contributed by atoms with van der Waals surface area (Å²) in [7, 11) is 0. The second kappa shape index (κ2) is 7.92. The van der Waals surface area contributed by atoms with Crippen LogP contribution in [0.5, 0.6) is 0 Å². The van der Waals surface area contributed by atoms with Crippen LogP contribution in [0, 0.1) is 11.8 Å². The number of carbonyl (C=O) groups excluding carboxylic acids is 3. The molecule has 1 rings (SSSR count). The third-order valence-electron chi connectivity index (χ3n) is 3.37. The van der Waals surface area contributed by atoms with Crippen LogP contribution in [0.1, 0.15) is 46.0 Å². The van der Waals surface area contributed by atoms with Gasteiger partial charge in [0.25, 0.3) is 0 Å². The van der Waals surface area contributed by atoms with E-state index in [-0.39, 0.29) is 24.9 Å². The highest BCUT2D eigenvalue weighted by Crippen LogP contribution is 2.28. The second-order valence-corrected chi connectivity index (χ2v) is 4.77. The van der Waals surface area contributed by atoms with E-state index < -0.39 is 17.9 Å². The van der Waals surface area contributed by atoms with Gasteiger partial charge in [-0.25, -0.2) is 0 Å². The van der Waals surface area contributed by atoms with Crippen molar-refractivity contribution in [3.8, 4) is 0 Å². The first kappa shape index (κ1) is 15.7. The molecular formula is C14H22O5. The van der Waals surface area contributed by atoms with Gasteiger partial charge in [-0.15, -0.1) is 0 Å². The second-order valence-electron chi connectivity index (χ2n) is 4.77. The summed E-state index contributed by atoms with van der Waals surface area (Å²) in [6.07, 6.45) is 3.00. The summed E-state index contributed by atoms with van der Waals surface area (Å²) in [5.74, 6) is -1.40. The maximum atomic E-state index is 11.8. The van der Waals surface area contributed by atoms with Crippen molar-refractivity contribution in [3.05, 3.63) is 0 Å². The van der Waals surface area contributed by atoms with E-state index in [0.717, 1.165) is 12.8 Å². The van der Waals surface area contributed by atoms with Crippen molar-refractivity contribution in [1.29, 1.82) is 0 Å². The van der Waals surface area contributed by atoms with Crippen molar-refractivity contribution in [2.45, 2.75) is 46.0 Å². The van der Waals surface area contributed by atoms with Crippen molar-refractivity contribution in [2.24, 2.45) is 11.8 Å². The standard InChI is InChI=1S/C14H22O5/c1-3-18-13(16)12(14(17)19-4-2)9-10-5-7-11(15)8-6-10/h10,12H,3-9H2,1-2H3. The first-order valence-electron chi connectivity index (χ1n) is 6.93. The zero-order valence-electron chi connectivity index (χ0n) is 11.6. The molecule has 0 amide bonds. The lowest BCUT2D eigenvalue weighted by Crippen LogP contribution is -2.31. The molecule has 1 aliphatic rings. The van der Waals surface area contributed by atoms with Crippen LogP contribution < -0.4 is 0 Å². The number of ketones is 1. The maximum Gasteiger partial charge on any atom is 0.320 e. The van der Waals surface area contributed by atoms with Crippen LogP contribution in [-0.2, 0) is 23.9 Å². The van der Waals surface area contributed by atoms with Gasteiger partial charge in [-0.1, -0.05) is 0 Å². The lowest BCUT2D eigenvalue weighted by Gasteiger charge is -2.24. The van der Waals surface area contributed by atoms with Gasteiger partial charge < -0.3 is 9.47 Å². The largest absolute Gasteiger partial charge is 0.465 e. The van der Waals surface area contributed by atoms with Crippen LogP contribution in [0.25, 0.3) is 0 Å². The minimum absolute atomic E-state index is 0.219. The molecule has 0 bridgehead atoms. The van der Waals surface area contributed by atoms with Crippen molar-refractivity contribution < 1.29 is 23.9 Å². The molecule has 1 fully saturated rings. The summed E-state index contributed by atoms with van der Waals surface area (Å²) in [6, 6.07) is 0. The van der Waals surface area contributed by atoms with Gasteiger partial charge in [0.2, 0.25) is 0 Å². The molecule has 0 aromatic heterocycles. The van der Waals surface area contributed by atoms with Crippen LogP contribution in [0.4, 0.5) is 0 Å². The molecule has 0 unspecified atom stereocenters. The first-order valence-corrected chi connectivity index (χ1v) is 6.93. The van der Waals surface area contributed by atoms with Gasteiger partial charge in [-0.05, 0) is 39.0 Å². The molecule has 0 radical (unpaired) electrons. The van der Waals surface area contributed by atoms with E-state index in [1.54, 1.807) is 13.8 Å². The molecule has 0 aliphatic heterocycles. The van der Waals surface area contributed by atoms with Crippen molar-refractivity contribution >= 4 is 17.7 Å². The van der Waals surface area contributed by atoms with Crippen molar-refractivity contribution in [2.75, 3.05) is 13.2 Å². The normalized spacial score (nSPS) is 16.5. The van der Waals surface area contributed by atoms with Gasteiger partial charge in [0, 0.05) is 12.8 Å². The van der Waals surface area contributed by atoms with E-state index >= 15 is 0 Å². The number of carbonyl (C=O) groups is 3. The van der Waals surface area contributed by atoms with Crippen LogP contribution in [-0.4, -0.2) is 30.9 Å². The lowest BCUT2D eigenvalue weighted by molar-refractivity contribution is -0.162. The Morgan fingerprint density at radius 1 is 1.11 bits per heavy atom. The SMILES string of the molecule is CCOC(=O)C(CC1CCC(=O)CC1)C(=O)OCC. The van der Waals surface area contributed by atoms with Gasteiger partial charge in [0.15, 0.2) is 5.92 Å². The first-order chi connectivity index (χ1) is 9.08. The van der Waals surface area contributed by atoms with Crippen LogP contribution in [0.2, 0.25) is 0 Å². The molecule has 0 saturated heterocycles. The summed E-state index contributed by atoms with van der Waals surface area (Å²) < 4.78 is 9.85. The zero-order valence-corrected chi connectivity index (χ0v) is 11.6. The van der Waals surface area contributed by atoms with Gasteiger partial charge in [-0.3, -0.25) is 14.4 Å². The molecule has 5 nitrogen and oxygen atoms in total. The molecule has 0 heterocycles. The van der Waals surface area contributed by atoms with E-state index in [1.807, 2.05) is 0 Å². The Kier molecular flexibility index (Phi) is 6.53. The van der Waals surface area contributed by atoms with E-state index in [4.69, 9.17) is 9.47 Å². The monoisotopic (exact) mass is 270 g/mol. The summed E-state index contributed by atoms with van der Waals surface area (Å²) >= 11 is 0. The third-order valence-corrected chi connectivity index (χ3v) is 3.37. The average Bonchev–Trinajstić information content (AvgIpc) is 2.38. The lowest BCUT2D eigenvalue weighted by atomic mass is 9.82. The third kappa shape index (κ3) is 5.01. The topological polar surface area (TPSA) is 69.7 Å². The molecule has 0 aromatic rings. The molecule has 19 heavy (non-hydrogen) atoms. The summed E-state index contributed by atoms with van der Waals surface area (Å²) in [5, 5.41) is 0. The fraction of sp³-hybridized carbons (Fsp3) is 0.786. The number of hydrogen-bond donors (Lipinski definition) is 0. The van der Waals surface area contributed by atoms with Gasteiger partial charge >= 0.3 is 11.9 Å². The minimum Gasteiger partial charge on any atom is -0.465 e. The Balaban J connectivity index is 2.60. The highest BCUT2D eigenvalue weighted by atomic mass is 16.6. The number of ether oxygens (including phenoxy) is 2. The van der Waals surface area contributed by atoms with E-state index in [0.29, 0.717) is 19.3 Å². The predicted molar refractivity (Wildman–Crippen MR) is 68.3 cm³/mol. The molecular weight excluding hydrogens is 248 g/mol. The summed E-state index contributed by atoms with van der Waals surface area (Å²) in [5.41, 5.74) is 0. The fourth-order valence-electron chi connectivity index (χ4n) is 2.34. The Hall–Kier alpha value is -1.39. The van der Waals surface area contributed by atoms with Crippen LogP contribution in [0.3, 0.4) is 0 Å². The number of Topliss-reactive ketones (excluding diaryl/α,β-unsaturated/α-hetero) is 1. The Morgan fingerprint density at radius 3 is 2.00 bits per heavy atom. The zero-order chi connectivity index (χ0) is 14.3. The number of hydrogen-bond acceptors (Lipinski definition) is 5. The molecule has 0 aromatic carbocycles. The minimum atomic E-state index is -0.849. The molecule has 108 valence electrons. The van der Waals surface area contributed by atoms with Crippen molar-refractivity contribution in [3.63, 3.8) is 0 Å². The Morgan fingerprint density at radius 2 is 1.58 bits per heavy atom. The number of rotatable bonds is 6. The highest BCUT2D eigenvalue weighted by molar-refractivity contribution is 5.94. The smallest absolute Gasteiger partial charge is 0.320 e. The summed E-state index contributed by atoms with van der Waals surface area (Å²) in [6.45, 7) is 3.91. The van der Waals surface area contributed by atoms with E-state index in [1.165, 1.54) is 0 Å². The molecule has 0 N–H and O–H groups in total.